The van der Waals surface area contributed by atoms with E-state index >= 15 is 0 Å². The second-order valence-corrected chi connectivity index (χ2v) is 5.55. The van der Waals surface area contributed by atoms with Crippen molar-refractivity contribution in [2.24, 2.45) is 0 Å². The zero-order valence-corrected chi connectivity index (χ0v) is 12.6. The van der Waals surface area contributed by atoms with Crippen LogP contribution in [0, 0.1) is 6.92 Å². The smallest absolute Gasteiger partial charge is 0.330 e. The molecule has 21 heavy (non-hydrogen) atoms. The third-order valence-corrected chi connectivity index (χ3v) is 3.63. The van der Waals surface area contributed by atoms with Gasteiger partial charge in [0.05, 0.1) is 0 Å². The molecule has 3 heteroatoms. The number of aryl methyl sites for hydroxylation is 1. The van der Waals surface area contributed by atoms with Gasteiger partial charge in [-0.15, -0.1) is 0 Å². The average molecular weight is 283 g/mol. The molecule has 1 atom stereocenters. The summed E-state index contributed by atoms with van der Waals surface area (Å²) in [5, 5.41) is 12.6. The van der Waals surface area contributed by atoms with Gasteiger partial charge in [0.25, 0.3) is 0 Å². The molecule has 1 unspecified atom stereocenters. The third-order valence-electron chi connectivity index (χ3n) is 3.63. The van der Waals surface area contributed by atoms with Gasteiger partial charge in [-0.05, 0) is 35.6 Å². The Morgan fingerprint density at radius 1 is 1.00 bits per heavy atom. The van der Waals surface area contributed by atoms with Gasteiger partial charge in [-0.25, -0.2) is 4.79 Å². The number of anilines is 1. The van der Waals surface area contributed by atoms with Gasteiger partial charge in [0, 0.05) is 5.69 Å². The molecule has 0 aliphatic carbocycles. The summed E-state index contributed by atoms with van der Waals surface area (Å²) in [5.74, 6) is -0.442. The minimum absolute atomic E-state index is 0.437. The van der Waals surface area contributed by atoms with Crippen molar-refractivity contribution in [3.8, 4) is 0 Å². The first-order valence-corrected chi connectivity index (χ1v) is 7.14. The van der Waals surface area contributed by atoms with Gasteiger partial charge >= 0.3 is 5.97 Å². The number of aliphatic carboxylic acids is 1. The maximum atomic E-state index is 11.6. The number of nitrogens with one attached hydrogen (secondary N) is 1. The number of hydrogen-bond acceptors (Lipinski definition) is 2. The van der Waals surface area contributed by atoms with Crippen LogP contribution in [0.4, 0.5) is 5.69 Å². The van der Waals surface area contributed by atoms with Crippen LogP contribution in [-0.2, 0) is 4.79 Å². The Balaban J connectivity index is 2.27. The molecule has 2 rings (SSSR count). The van der Waals surface area contributed by atoms with Crippen molar-refractivity contribution in [3.63, 3.8) is 0 Å². The van der Waals surface area contributed by atoms with Crippen LogP contribution < -0.4 is 5.32 Å². The van der Waals surface area contributed by atoms with E-state index in [0.717, 1.165) is 16.8 Å². The Hall–Kier alpha value is -2.29. The second kappa shape index (κ2) is 6.44. The zero-order valence-electron chi connectivity index (χ0n) is 12.6. The van der Waals surface area contributed by atoms with Gasteiger partial charge in [-0.1, -0.05) is 56.3 Å². The molecule has 0 aromatic heterocycles. The van der Waals surface area contributed by atoms with Gasteiger partial charge in [0.15, 0.2) is 6.04 Å². The summed E-state index contributed by atoms with van der Waals surface area (Å²) in [6.07, 6.45) is 0. The van der Waals surface area contributed by atoms with Crippen LogP contribution in [0.2, 0.25) is 0 Å². The molecular formula is C18H21NO2. The maximum absolute atomic E-state index is 11.6. The number of carboxylic acid groups (broad SMARTS) is 1. The Morgan fingerprint density at radius 3 is 2.10 bits per heavy atom. The molecule has 2 aromatic rings. The first kappa shape index (κ1) is 15.1. The van der Waals surface area contributed by atoms with E-state index < -0.39 is 12.0 Å². The predicted molar refractivity (Wildman–Crippen MR) is 85.7 cm³/mol. The van der Waals surface area contributed by atoms with Crippen LogP contribution in [0.5, 0.6) is 0 Å². The molecule has 0 spiro atoms. The largest absolute Gasteiger partial charge is 0.479 e. The van der Waals surface area contributed by atoms with Crippen molar-refractivity contribution in [1.82, 2.24) is 0 Å². The van der Waals surface area contributed by atoms with Crippen LogP contribution in [0.3, 0.4) is 0 Å². The lowest BCUT2D eigenvalue weighted by molar-refractivity contribution is -0.138. The lowest BCUT2D eigenvalue weighted by Crippen LogP contribution is -2.21. The van der Waals surface area contributed by atoms with Crippen molar-refractivity contribution in [1.29, 1.82) is 0 Å². The molecule has 0 radical (unpaired) electrons. The number of hydrogen-bond donors (Lipinski definition) is 2. The summed E-state index contributed by atoms with van der Waals surface area (Å²) in [5.41, 5.74) is 3.84. The van der Waals surface area contributed by atoms with Crippen LogP contribution in [0.25, 0.3) is 0 Å². The molecule has 3 nitrogen and oxygen atoms in total. The van der Waals surface area contributed by atoms with E-state index in [-0.39, 0.29) is 0 Å². The molecule has 2 N–H and O–H groups in total. The zero-order chi connectivity index (χ0) is 15.4. The van der Waals surface area contributed by atoms with Crippen molar-refractivity contribution < 1.29 is 9.90 Å². The van der Waals surface area contributed by atoms with Crippen molar-refractivity contribution in [2.75, 3.05) is 5.32 Å². The molecule has 0 fully saturated rings. The summed E-state index contributed by atoms with van der Waals surface area (Å²) >= 11 is 0. The lowest BCUT2D eigenvalue weighted by atomic mass is 9.99. The summed E-state index contributed by atoms with van der Waals surface area (Å²) < 4.78 is 0. The fraction of sp³-hybridized carbons (Fsp3) is 0.278. The number of benzene rings is 2. The maximum Gasteiger partial charge on any atom is 0.330 e. The monoisotopic (exact) mass is 283 g/mol. The molecule has 0 saturated heterocycles. The quantitative estimate of drug-likeness (QED) is 0.857. The average Bonchev–Trinajstić information content (AvgIpc) is 2.46. The Kier molecular flexibility index (Phi) is 4.63. The third kappa shape index (κ3) is 3.63. The number of carboxylic acids is 1. The normalized spacial score (nSPS) is 12.2. The molecule has 110 valence electrons. The van der Waals surface area contributed by atoms with Crippen LogP contribution >= 0.6 is 0 Å². The predicted octanol–water partition coefficient (Wildman–Crippen LogP) is 4.36. The first-order chi connectivity index (χ1) is 9.99. The number of rotatable bonds is 5. The molecule has 2 aromatic carbocycles. The lowest BCUT2D eigenvalue weighted by Gasteiger charge is -2.18. The van der Waals surface area contributed by atoms with E-state index in [1.807, 2.05) is 55.5 Å². The summed E-state index contributed by atoms with van der Waals surface area (Å²) in [4.78, 5) is 11.6. The van der Waals surface area contributed by atoms with E-state index in [0.29, 0.717) is 5.92 Å². The van der Waals surface area contributed by atoms with E-state index in [9.17, 15) is 9.90 Å². The Morgan fingerprint density at radius 2 is 1.57 bits per heavy atom. The van der Waals surface area contributed by atoms with Gasteiger partial charge < -0.3 is 10.4 Å². The molecule has 0 aliphatic heterocycles. The van der Waals surface area contributed by atoms with Crippen LogP contribution in [-0.4, -0.2) is 11.1 Å². The van der Waals surface area contributed by atoms with Crippen molar-refractivity contribution in [2.45, 2.75) is 32.7 Å². The van der Waals surface area contributed by atoms with E-state index in [4.69, 9.17) is 0 Å². The highest BCUT2D eigenvalue weighted by molar-refractivity contribution is 5.79. The molecular weight excluding hydrogens is 262 g/mol. The Bertz CT molecular complexity index is 617. The first-order valence-electron chi connectivity index (χ1n) is 7.14. The number of para-hydroxylation sites is 1. The second-order valence-electron chi connectivity index (χ2n) is 5.55. The minimum atomic E-state index is -0.879. The molecule has 0 bridgehead atoms. The fourth-order valence-corrected chi connectivity index (χ4v) is 2.25. The highest BCUT2D eigenvalue weighted by atomic mass is 16.4. The Labute approximate surface area is 125 Å². The van der Waals surface area contributed by atoms with Crippen molar-refractivity contribution >= 4 is 11.7 Å². The van der Waals surface area contributed by atoms with Gasteiger partial charge in [-0.2, -0.15) is 0 Å². The van der Waals surface area contributed by atoms with Gasteiger partial charge in [0.1, 0.15) is 0 Å². The summed E-state index contributed by atoms with van der Waals surface area (Å²) in [7, 11) is 0. The highest BCUT2D eigenvalue weighted by Crippen LogP contribution is 2.24. The summed E-state index contributed by atoms with van der Waals surface area (Å²) in [6, 6.07) is 14.7. The van der Waals surface area contributed by atoms with Crippen LogP contribution in [0.1, 0.15) is 42.5 Å². The topological polar surface area (TPSA) is 49.3 Å². The van der Waals surface area contributed by atoms with Crippen molar-refractivity contribution in [3.05, 3.63) is 65.2 Å². The molecule has 0 amide bonds. The number of carbonyl (C=O) groups is 1. The van der Waals surface area contributed by atoms with E-state index in [1.165, 1.54) is 5.56 Å². The fourth-order valence-electron chi connectivity index (χ4n) is 2.25. The minimum Gasteiger partial charge on any atom is -0.479 e. The summed E-state index contributed by atoms with van der Waals surface area (Å²) in [6.45, 7) is 6.20. The highest BCUT2D eigenvalue weighted by Gasteiger charge is 2.20. The molecule has 0 heterocycles. The van der Waals surface area contributed by atoms with E-state index in [1.54, 1.807) is 0 Å². The standard InChI is InChI=1S/C18H21NO2/c1-12(2)14-8-10-15(11-9-14)17(18(20)21)19-16-7-5-4-6-13(16)3/h4-12,17,19H,1-3H3,(H,20,21). The van der Waals surface area contributed by atoms with Gasteiger partial charge in [-0.3, -0.25) is 0 Å². The molecule has 0 saturated carbocycles. The van der Waals surface area contributed by atoms with Gasteiger partial charge in [0.2, 0.25) is 0 Å². The van der Waals surface area contributed by atoms with Crippen LogP contribution in [0.15, 0.2) is 48.5 Å². The SMILES string of the molecule is Cc1ccccc1NC(C(=O)O)c1ccc(C(C)C)cc1. The van der Waals surface area contributed by atoms with E-state index in [2.05, 4.69) is 19.2 Å². The molecule has 0 aliphatic rings.